The Hall–Kier alpha value is -2.75. The molecule has 166 valence electrons. The maximum Gasteiger partial charge on any atom is 0.299 e. The van der Waals surface area contributed by atoms with Crippen LogP contribution in [0.2, 0.25) is 0 Å². The molecule has 2 aromatic carbocycles. The van der Waals surface area contributed by atoms with Gasteiger partial charge < -0.3 is 9.64 Å². The molecule has 0 spiro atoms. The van der Waals surface area contributed by atoms with Crippen LogP contribution in [0, 0.1) is 10.5 Å². The first kappa shape index (κ1) is 22.4. The number of ketones is 1. The van der Waals surface area contributed by atoms with Crippen molar-refractivity contribution in [1.82, 2.24) is 15.0 Å². The number of rotatable bonds is 8. The molecule has 0 N–H and O–H groups in total. The van der Waals surface area contributed by atoms with Gasteiger partial charge in [0.25, 0.3) is 11.7 Å². The number of amides is 1. The Morgan fingerprint density at radius 3 is 2.69 bits per heavy atom. The molecule has 0 atom stereocenters. The van der Waals surface area contributed by atoms with Gasteiger partial charge in [-0.25, -0.2) is 0 Å². The summed E-state index contributed by atoms with van der Waals surface area (Å²) in [6.07, 6.45) is 2.52. The summed E-state index contributed by atoms with van der Waals surface area (Å²) in [6.45, 7) is 7.72. The number of fused-ring (bicyclic) bond motifs is 1. The van der Waals surface area contributed by atoms with Crippen molar-refractivity contribution in [2.75, 3.05) is 11.4 Å². The Labute approximate surface area is 200 Å². The first-order valence-electron chi connectivity index (χ1n) is 10.6. The molecule has 4 rings (SSSR count). The highest BCUT2D eigenvalue weighted by molar-refractivity contribution is 14.1. The van der Waals surface area contributed by atoms with Crippen molar-refractivity contribution in [2.24, 2.45) is 0 Å². The van der Waals surface area contributed by atoms with Crippen LogP contribution in [-0.2, 0) is 17.9 Å². The van der Waals surface area contributed by atoms with Crippen molar-refractivity contribution in [2.45, 2.75) is 46.3 Å². The van der Waals surface area contributed by atoms with E-state index < -0.39 is 11.7 Å². The lowest BCUT2D eigenvalue weighted by Gasteiger charge is -2.16. The van der Waals surface area contributed by atoms with E-state index in [4.69, 9.17) is 4.74 Å². The van der Waals surface area contributed by atoms with E-state index in [2.05, 4.69) is 58.9 Å². The van der Waals surface area contributed by atoms with Gasteiger partial charge in [0.1, 0.15) is 18.1 Å². The van der Waals surface area contributed by atoms with Crippen LogP contribution in [0.5, 0.6) is 5.75 Å². The molecule has 0 radical (unpaired) electrons. The number of carbonyl (C=O) groups excluding carboxylic acids is 2. The SMILES string of the molecule is Cc1ccc(C(C)C)c(OCc2cn(CCCN3C(=O)C(=O)c4cc(I)ccc43)nn2)c1. The average molecular weight is 544 g/mol. The first-order chi connectivity index (χ1) is 15.3. The monoisotopic (exact) mass is 544 g/mol. The van der Waals surface area contributed by atoms with Gasteiger partial charge in [0.2, 0.25) is 0 Å². The lowest BCUT2D eigenvalue weighted by atomic mass is 10.0. The Bertz CT molecular complexity index is 1170. The summed E-state index contributed by atoms with van der Waals surface area (Å²) in [7, 11) is 0. The van der Waals surface area contributed by atoms with E-state index in [1.807, 2.05) is 31.3 Å². The van der Waals surface area contributed by atoms with Crippen LogP contribution in [0.25, 0.3) is 0 Å². The Balaban J connectivity index is 1.34. The molecule has 1 aliphatic heterocycles. The summed E-state index contributed by atoms with van der Waals surface area (Å²) < 4.78 is 8.72. The second-order valence-corrected chi connectivity index (χ2v) is 9.50. The maximum atomic E-state index is 12.4. The lowest BCUT2D eigenvalue weighted by molar-refractivity contribution is -0.114. The van der Waals surface area contributed by atoms with E-state index in [1.54, 1.807) is 15.6 Å². The summed E-state index contributed by atoms with van der Waals surface area (Å²) in [4.78, 5) is 26.2. The molecular weight excluding hydrogens is 519 g/mol. The number of aryl methyl sites for hydroxylation is 2. The fourth-order valence-electron chi connectivity index (χ4n) is 3.79. The molecular formula is C24H25IN4O3. The number of benzene rings is 2. The zero-order valence-corrected chi connectivity index (χ0v) is 20.5. The van der Waals surface area contributed by atoms with E-state index in [0.717, 1.165) is 20.6 Å². The summed E-state index contributed by atoms with van der Waals surface area (Å²) in [5.41, 5.74) is 4.24. The van der Waals surface area contributed by atoms with Crippen molar-refractivity contribution in [1.29, 1.82) is 0 Å². The van der Waals surface area contributed by atoms with Gasteiger partial charge in [-0.1, -0.05) is 31.2 Å². The highest BCUT2D eigenvalue weighted by atomic mass is 127. The molecule has 0 saturated heterocycles. The largest absolute Gasteiger partial charge is 0.487 e. The zero-order valence-electron chi connectivity index (χ0n) is 18.3. The molecule has 0 fully saturated rings. The van der Waals surface area contributed by atoms with Gasteiger partial charge >= 0.3 is 0 Å². The molecule has 32 heavy (non-hydrogen) atoms. The number of carbonyl (C=O) groups is 2. The summed E-state index contributed by atoms with van der Waals surface area (Å²) >= 11 is 2.14. The quantitative estimate of drug-likeness (QED) is 0.308. The highest BCUT2D eigenvalue weighted by Gasteiger charge is 2.35. The second-order valence-electron chi connectivity index (χ2n) is 8.26. The predicted molar refractivity (Wildman–Crippen MR) is 130 cm³/mol. The number of nitrogens with zero attached hydrogens (tertiary/aromatic N) is 4. The van der Waals surface area contributed by atoms with Gasteiger partial charge in [0.05, 0.1) is 17.4 Å². The molecule has 2 heterocycles. The minimum absolute atomic E-state index is 0.342. The van der Waals surface area contributed by atoms with Gasteiger partial charge in [-0.2, -0.15) is 0 Å². The molecule has 1 amide bonds. The Morgan fingerprint density at radius 2 is 1.91 bits per heavy atom. The van der Waals surface area contributed by atoms with Crippen molar-refractivity contribution in [3.63, 3.8) is 0 Å². The molecule has 0 saturated carbocycles. The average Bonchev–Trinajstić information content (AvgIpc) is 3.30. The fourth-order valence-corrected chi connectivity index (χ4v) is 4.29. The Morgan fingerprint density at radius 1 is 1.09 bits per heavy atom. The molecule has 0 bridgehead atoms. The third-order valence-corrected chi connectivity index (χ3v) is 6.13. The van der Waals surface area contributed by atoms with Gasteiger partial charge in [-0.05, 0) is 77.2 Å². The van der Waals surface area contributed by atoms with E-state index in [9.17, 15) is 9.59 Å². The molecule has 0 unspecified atom stereocenters. The van der Waals surface area contributed by atoms with Gasteiger partial charge in [-0.15, -0.1) is 5.10 Å². The third kappa shape index (κ3) is 4.69. The van der Waals surface area contributed by atoms with Gasteiger partial charge in [-0.3, -0.25) is 14.3 Å². The highest BCUT2D eigenvalue weighted by Crippen LogP contribution is 2.30. The summed E-state index contributed by atoms with van der Waals surface area (Å²) in [5, 5.41) is 8.38. The molecule has 7 nitrogen and oxygen atoms in total. The number of anilines is 1. The fraction of sp³-hybridized carbons (Fsp3) is 0.333. The minimum atomic E-state index is -0.464. The van der Waals surface area contributed by atoms with Crippen molar-refractivity contribution >= 4 is 40.0 Å². The predicted octanol–water partition coefficient (Wildman–Crippen LogP) is 4.51. The number of halogens is 1. The van der Waals surface area contributed by atoms with E-state index in [0.29, 0.717) is 43.3 Å². The summed E-state index contributed by atoms with van der Waals surface area (Å²) in [6, 6.07) is 11.8. The minimum Gasteiger partial charge on any atom is -0.487 e. The number of ether oxygens (including phenoxy) is 1. The van der Waals surface area contributed by atoms with Gasteiger partial charge in [0.15, 0.2) is 0 Å². The molecule has 8 heteroatoms. The third-order valence-electron chi connectivity index (χ3n) is 5.46. The van der Waals surface area contributed by atoms with E-state index >= 15 is 0 Å². The number of Topliss-reactive ketones (excluding diaryl/α,β-unsaturated/α-hetero) is 1. The summed E-state index contributed by atoms with van der Waals surface area (Å²) in [5.74, 6) is 0.347. The standard InChI is InChI=1S/C24H25IN4O3/c1-15(2)19-7-5-16(3)11-22(19)32-14-18-13-28(27-26-18)9-4-10-29-21-8-6-17(25)12-20(21)23(30)24(29)31/h5-8,11-13,15H,4,9-10,14H2,1-3H3. The van der Waals surface area contributed by atoms with Crippen LogP contribution in [0.15, 0.2) is 42.6 Å². The van der Waals surface area contributed by atoms with Crippen LogP contribution < -0.4 is 9.64 Å². The topological polar surface area (TPSA) is 77.3 Å². The van der Waals surface area contributed by atoms with Crippen molar-refractivity contribution < 1.29 is 14.3 Å². The van der Waals surface area contributed by atoms with Crippen molar-refractivity contribution in [3.05, 3.63) is 68.5 Å². The van der Waals surface area contributed by atoms with E-state index in [1.165, 1.54) is 5.56 Å². The smallest absolute Gasteiger partial charge is 0.299 e. The van der Waals surface area contributed by atoms with Crippen molar-refractivity contribution in [3.8, 4) is 5.75 Å². The zero-order chi connectivity index (χ0) is 22.8. The van der Waals surface area contributed by atoms with Gasteiger partial charge in [0, 0.05) is 16.7 Å². The van der Waals surface area contributed by atoms with E-state index in [-0.39, 0.29) is 0 Å². The second kappa shape index (κ2) is 9.40. The van der Waals surface area contributed by atoms with Crippen LogP contribution in [-0.4, -0.2) is 33.2 Å². The molecule has 1 aliphatic rings. The Kier molecular flexibility index (Phi) is 6.59. The number of aromatic nitrogens is 3. The van der Waals surface area contributed by atoms with Crippen LogP contribution >= 0.6 is 22.6 Å². The molecule has 3 aromatic rings. The maximum absolute atomic E-state index is 12.4. The van der Waals surface area contributed by atoms with Crippen LogP contribution in [0.4, 0.5) is 5.69 Å². The molecule has 1 aromatic heterocycles. The first-order valence-corrected chi connectivity index (χ1v) is 11.7. The normalized spacial score (nSPS) is 13.2. The van der Waals surface area contributed by atoms with Crippen LogP contribution in [0.3, 0.4) is 0 Å². The van der Waals surface area contributed by atoms with Crippen LogP contribution in [0.1, 0.15) is 53.4 Å². The molecule has 0 aliphatic carbocycles. The lowest BCUT2D eigenvalue weighted by Crippen LogP contribution is -2.31. The number of hydrogen-bond donors (Lipinski definition) is 0. The number of hydrogen-bond acceptors (Lipinski definition) is 5.